The van der Waals surface area contributed by atoms with Crippen molar-refractivity contribution in [2.75, 3.05) is 19.5 Å². The highest BCUT2D eigenvalue weighted by molar-refractivity contribution is 14.1. The number of amides is 2. The zero-order valence-corrected chi connectivity index (χ0v) is 16.7. The lowest BCUT2D eigenvalue weighted by Crippen LogP contribution is -2.18. The first kappa shape index (κ1) is 19.7. The van der Waals surface area contributed by atoms with Crippen molar-refractivity contribution >= 4 is 46.3 Å². The molecule has 8 heteroatoms. The molecule has 0 spiro atoms. The molecule has 0 fully saturated rings. The molecule has 0 aliphatic rings. The Bertz CT molecular complexity index is 852. The molecule has 2 amide bonds. The van der Waals surface area contributed by atoms with E-state index in [0.717, 1.165) is 9.13 Å². The lowest BCUT2D eigenvalue weighted by atomic mass is 10.2. The summed E-state index contributed by atoms with van der Waals surface area (Å²) in [5.41, 5.74) is 4.14. The van der Waals surface area contributed by atoms with Gasteiger partial charge in [-0.25, -0.2) is 5.43 Å². The molecule has 0 radical (unpaired) electrons. The Balaban J connectivity index is 2.10. The van der Waals surface area contributed by atoms with Crippen LogP contribution in [0.4, 0.5) is 5.69 Å². The minimum Gasteiger partial charge on any atom is -0.493 e. The van der Waals surface area contributed by atoms with Crippen molar-refractivity contribution in [1.29, 1.82) is 0 Å². The van der Waals surface area contributed by atoms with Crippen LogP contribution >= 0.6 is 22.6 Å². The van der Waals surface area contributed by atoms with E-state index in [0.29, 0.717) is 22.7 Å². The van der Waals surface area contributed by atoms with Crippen molar-refractivity contribution in [2.45, 2.75) is 6.92 Å². The maximum absolute atomic E-state index is 12.2. The number of rotatable bonds is 6. The number of nitrogens with one attached hydrogen (secondary N) is 2. The molecule has 2 rings (SSSR count). The van der Waals surface area contributed by atoms with Gasteiger partial charge in [0.15, 0.2) is 11.5 Å². The molecule has 0 saturated carbocycles. The van der Waals surface area contributed by atoms with Crippen molar-refractivity contribution in [3.05, 3.63) is 51.1 Å². The largest absolute Gasteiger partial charge is 0.493 e. The van der Waals surface area contributed by atoms with Gasteiger partial charge in [0.1, 0.15) is 0 Å². The fourth-order valence-corrected chi connectivity index (χ4v) is 3.03. The van der Waals surface area contributed by atoms with Gasteiger partial charge in [-0.1, -0.05) is 6.07 Å². The van der Waals surface area contributed by atoms with E-state index in [1.165, 1.54) is 13.1 Å². The number of halogens is 1. The van der Waals surface area contributed by atoms with Crippen molar-refractivity contribution in [2.24, 2.45) is 5.10 Å². The second kappa shape index (κ2) is 9.18. The summed E-state index contributed by atoms with van der Waals surface area (Å²) >= 11 is 2.13. The number of carbonyl (C=O) groups is 2. The summed E-state index contributed by atoms with van der Waals surface area (Å²) in [6, 6.07) is 10.2. The molecule has 0 aliphatic carbocycles. The molecule has 26 heavy (non-hydrogen) atoms. The Labute approximate surface area is 164 Å². The van der Waals surface area contributed by atoms with E-state index in [-0.39, 0.29) is 11.8 Å². The van der Waals surface area contributed by atoms with Crippen molar-refractivity contribution in [1.82, 2.24) is 5.43 Å². The van der Waals surface area contributed by atoms with E-state index >= 15 is 0 Å². The smallest absolute Gasteiger partial charge is 0.271 e. The van der Waals surface area contributed by atoms with E-state index in [4.69, 9.17) is 9.47 Å². The third kappa shape index (κ3) is 5.19. The molecule has 0 aromatic heterocycles. The van der Waals surface area contributed by atoms with Gasteiger partial charge < -0.3 is 14.8 Å². The zero-order chi connectivity index (χ0) is 19.1. The Hall–Kier alpha value is -2.62. The average molecular weight is 467 g/mol. The number of hydrazone groups is 1. The van der Waals surface area contributed by atoms with Crippen LogP contribution in [-0.2, 0) is 4.79 Å². The molecule has 7 nitrogen and oxygen atoms in total. The molecule has 0 unspecified atom stereocenters. The monoisotopic (exact) mass is 467 g/mol. The maximum Gasteiger partial charge on any atom is 0.271 e. The molecule has 136 valence electrons. The number of hydrogen-bond donors (Lipinski definition) is 2. The van der Waals surface area contributed by atoms with E-state index in [2.05, 4.69) is 38.4 Å². The number of ether oxygens (including phenoxy) is 2. The van der Waals surface area contributed by atoms with Crippen LogP contribution in [0.25, 0.3) is 0 Å². The lowest BCUT2D eigenvalue weighted by molar-refractivity contribution is -0.114. The molecule has 0 heterocycles. The van der Waals surface area contributed by atoms with Gasteiger partial charge in [-0.05, 0) is 58.5 Å². The summed E-state index contributed by atoms with van der Waals surface area (Å²) in [5.74, 6) is 0.631. The van der Waals surface area contributed by atoms with Gasteiger partial charge in [0.05, 0.1) is 24.0 Å². The van der Waals surface area contributed by atoms with Gasteiger partial charge in [0, 0.05) is 18.2 Å². The Morgan fingerprint density at radius 2 is 1.92 bits per heavy atom. The average Bonchev–Trinajstić information content (AvgIpc) is 2.60. The Morgan fingerprint density at radius 3 is 2.58 bits per heavy atom. The molecule has 2 N–H and O–H groups in total. The first-order chi connectivity index (χ1) is 12.4. The summed E-state index contributed by atoms with van der Waals surface area (Å²) in [5, 5.41) is 6.60. The van der Waals surface area contributed by atoms with Crippen molar-refractivity contribution < 1.29 is 19.1 Å². The van der Waals surface area contributed by atoms with Crippen LogP contribution in [0.2, 0.25) is 0 Å². The Morgan fingerprint density at radius 1 is 1.15 bits per heavy atom. The summed E-state index contributed by atoms with van der Waals surface area (Å²) in [4.78, 5) is 23.3. The number of anilines is 1. The molecule has 2 aromatic rings. The number of hydrogen-bond acceptors (Lipinski definition) is 5. The number of benzene rings is 2. The highest BCUT2D eigenvalue weighted by Crippen LogP contribution is 2.32. The van der Waals surface area contributed by atoms with Gasteiger partial charge >= 0.3 is 0 Å². The minimum absolute atomic E-state index is 0.205. The van der Waals surface area contributed by atoms with Crippen LogP contribution in [0.5, 0.6) is 11.5 Å². The van der Waals surface area contributed by atoms with Gasteiger partial charge in [0.25, 0.3) is 5.91 Å². The highest BCUT2D eigenvalue weighted by Gasteiger charge is 2.10. The van der Waals surface area contributed by atoms with Crippen LogP contribution in [-0.4, -0.2) is 32.2 Å². The third-order valence-corrected chi connectivity index (χ3v) is 4.08. The normalized spacial score (nSPS) is 10.5. The van der Waals surface area contributed by atoms with Gasteiger partial charge in [-0.15, -0.1) is 0 Å². The third-order valence-electron chi connectivity index (χ3n) is 3.28. The summed E-state index contributed by atoms with van der Waals surface area (Å²) < 4.78 is 11.4. The quantitative estimate of drug-likeness (QED) is 0.389. The highest BCUT2D eigenvalue weighted by atomic mass is 127. The zero-order valence-electron chi connectivity index (χ0n) is 14.5. The van der Waals surface area contributed by atoms with E-state index < -0.39 is 0 Å². The van der Waals surface area contributed by atoms with Gasteiger partial charge in [-0.3, -0.25) is 9.59 Å². The molecule has 0 saturated heterocycles. The summed E-state index contributed by atoms with van der Waals surface area (Å²) in [6.07, 6.45) is 1.51. The predicted molar refractivity (Wildman–Crippen MR) is 108 cm³/mol. The van der Waals surface area contributed by atoms with E-state index in [9.17, 15) is 9.59 Å². The molecule has 0 aliphatic heterocycles. The van der Waals surface area contributed by atoms with Crippen LogP contribution in [0.15, 0.2) is 41.5 Å². The maximum atomic E-state index is 12.2. The van der Waals surface area contributed by atoms with Gasteiger partial charge in [-0.2, -0.15) is 5.10 Å². The van der Waals surface area contributed by atoms with Crippen LogP contribution in [0, 0.1) is 3.57 Å². The first-order valence-electron chi connectivity index (χ1n) is 7.57. The number of carbonyl (C=O) groups excluding carboxylic acids is 2. The van der Waals surface area contributed by atoms with E-state index in [1.807, 2.05) is 6.07 Å². The fourth-order valence-electron chi connectivity index (χ4n) is 2.18. The predicted octanol–water partition coefficient (Wildman–Crippen LogP) is 3.03. The van der Waals surface area contributed by atoms with Gasteiger partial charge in [0.2, 0.25) is 5.91 Å². The second-order valence-corrected chi connectivity index (χ2v) is 6.36. The SMILES string of the molecule is COc1cc(C=NNC(=O)c2cccc(NC(C)=O)c2)cc(I)c1OC. The van der Waals surface area contributed by atoms with Crippen LogP contribution in [0.1, 0.15) is 22.8 Å². The molecular weight excluding hydrogens is 449 g/mol. The number of methoxy groups -OCH3 is 2. The molecule has 0 bridgehead atoms. The van der Waals surface area contributed by atoms with Crippen molar-refractivity contribution in [3.8, 4) is 11.5 Å². The standard InChI is InChI=1S/C18H18IN3O4/c1-11(23)21-14-6-4-5-13(9-14)18(24)22-20-10-12-7-15(19)17(26-3)16(8-12)25-2/h4-10H,1-3H3,(H,21,23)(H,22,24). The van der Waals surface area contributed by atoms with Crippen molar-refractivity contribution in [3.63, 3.8) is 0 Å². The minimum atomic E-state index is -0.386. The molecular formula is C18H18IN3O4. The lowest BCUT2D eigenvalue weighted by Gasteiger charge is -2.10. The first-order valence-corrected chi connectivity index (χ1v) is 8.65. The van der Waals surface area contributed by atoms with E-state index in [1.54, 1.807) is 44.6 Å². The molecule has 2 aromatic carbocycles. The second-order valence-electron chi connectivity index (χ2n) is 5.20. The topological polar surface area (TPSA) is 89.0 Å². The molecule has 0 atom stereocenters. The Kier molecular flexibility index (Phi) is 6.96. The van der Waals surface area contributed by atoms with Crippen LogP contribution < -0.4 is 20.2 Å². The summed E-state index contributed by atoms with van der Waals surface area (Å²) in [6.45, 7) is 1.40. The fraction of sp³-hybridized carbons (Fsp3) is 0.167. The number of nitrogens with zero attached hydrogens (tertiary/aromatic N) is 1. The van der Waals surface area contributed by atoms with Crippen LogP contribution in [0.3, 0.4) is 0 Å². The summed E-state index contributed by atoms with van der Waals surface area (Å²) in [7, 11) is 3.13.